The van der Waals surface area contributed by atoms with Crippen molar-refractivity contribution in [1.82, 2.24) is 0 Å². The number of benzene rings is 3. The van der Waals surface area contributed by atoms with Crippen molar-refractivity contribution in [3.8, 4) is 11.5 Å². The van der Waals surface area contributed by atoms with E-state index >= 15 is 0 Å². The lowest BCUT2D eigenvalue weighted by Crippen LogP contribution is -2.28. The predicted octanol–water partition coefficient (Wildman–Crippen LogP) is 5.63. The maximum absolute atomic E-state index is 10.9. The van der Waals surface area contributed by atoms with E-state index in [4.69, 9.17) is 18.9 Å². The molecular formula is C27H34O5. The van der Waals surface area contributed by atoms with E-state index in [2.05, 4.69) is 39.0 Å². The van der Waals surface area contributed by atoms with Gasteiger partial charge in [0.05, 0.1) is 32.0 Å². The predicted molar refractivity (Wildman–Crippen MR) is 128 cm³/mol. The molecule has 0 aliphatic carbocycles. The molecule has 1 saturated heterocycles. The van der Waals surface area contributed by atoms with Gasteiger partial charge in [0.25, 0.3) is 0 Å². The van der Waals surface area contributed by atoms with Gasteiger partial charge in [0, 0.05) is 21.5 Å². The van der Waals surface area contributed by atoms with Crippen molar-refractivity contribution >= 4 is 21.5 Å². The second-order valence-electron chi connectivity index (χ2n) is 8.45. The lowest BCUT2D eigenvalue weighted by atomic mass is 9.98. The van der Waals surface area contributed by atoms with Crippen LogP contribution >= 0.6 is 0 Å². The van der Waals surface area contributed by atoms with Gasteiger partial charge in [-0.25, -0.2) is 0 Å². The Bertz CT molecular complexity index is 1040. The third-order valence-electron chi connectivity index (χ3n) is 6.18. The monoisotopic (exact) mass is 438 g/mol. The molecule has 3 atom stereocenters. The van der Waals surface area contributed by atoms with Crippen LogP contribution in [0.5, 0.6) is 11.5 Å². The van der Waals surface area contributed by atoms with Crippen molar-refractivity contribution in [2.75, 3.05) is 26.4 Å². The van der Waals surface area contributed by atoms with Gasteiger partial charge in [0.1, 0.15) is 24.2 Å². The normalized spacial score (nSPS) is 17.5. The van der Waals surface area contributed by atoms with E-state index in [0.717, 1.165) is 53.2 Å². The first kappa shape index (κ1) is 22.8. The summed E-state index contributed by atoms with van der Waals surface area (Å²) in [7, 11) is 0. The largest absolute Gasteiger partial charge is 0.507 e. The molecule has 5 nitrogen and oxygen atoms in total. The zero-order valence-corrected chi connectivity index (χ0v) is 19.3. The van der Waals surface area contributed by atoms with Gasteiger partial charge in [-0.05, 0) is 30.9 Å². The first-order valence-electron chi connectivity index (χ1n) is 11.8. The molecule has 0 aromatic heterocycles. The van der Waals surface area contributed by atoms with Gasteiger partial charge in [0.15, 0.2) is 0 Å². The number of hydrogen-bond acceptors (Lipinski definition) is 5. The van der Waals surface area contributed by atoms with Crippen LogP contribution in [0.4, 0.5) is 0 Å². The highest BCUT2D eigenvalue weighted by atomic mass is 16.6. The number of epoxide rings is 1. The molecule has 0 amide bonds. The zero-order valence-electron chi connectivity index (χ0n) is 19.3. The van der Waals surface area contributed by atoms with Crippen LogP contribution in [0.3, 0.4) is 0 Å². The highest BCUT2D eigenvalue weighted by Crippen LogP contribution is 2.42. The quantitative estimate of drug-likeness (QED) is 0.293. The van der Waals surface area contributed by atoms with Crippen LogP contribution in [0.1, 0.15) is 39.2 Å². The van der Waals surface area contributed by atoms with Crippen molar-refractivity contribution < 1.29 is 24.1 Å². The summed E-state index contributed by atoms with van der Waals surface area (Å²) < 4.78 is 23.7. The smallest absolute Gasteiger partial charge is 0.135 e. The Kier molecular flexibility index (Phi) is 7.51. The highest BCUT2D eigenvalue weighted by molar-refractivity contribution is 6.10. The molecule has 3 unspecified atom stereocenters. The average molecular weight is 439 g/mol. The molecule has 3 aromatic rings. The number of rotatable bonds is 12. The third-order valence-corrected chi connectivity index (χ3v) is 6.18. The van der Waals surface area contributed by atoms with Crippen LogP contribution in [-0.4, -0.2) is 49.8 Å². The fourth-order valence-electron chi connectivity index (χ4n) is 3.93. The number of aryl methyl sites for hydroxylation is 1. The number of hydrogen-bond donors (Lipinski definition) is 1. The minimum Gasteiger partial charge on any atom is -0.507 e. The Morgan fingerprint density at radius 1 is 0.906 bits per heavy atom. The molecule has 1 fully saturated rings. The molecule has 1 heterocycles. The van der Waals surface area contributed by atoms with Crippen molar-refractivity contribution in [1.29, 1.82) is 0 Å². The Labute approximate surface area is 190 Å². The van der Waals surface area contributed by atoms with Gasteiger partial charge in [-0.1, -0.05) is 57.2 Å². The summed E-state index contributed by atoms with van der Waals surface area (Å²) >= 11 is 0. The summed E-state index contributed by atoms with van der Waals surface area (Å²) in [5.41, 5.74) is 1.19. The molecule has 3 aromatic carbocycles. The summed E-state index contributed by atoms with van der Waals surface area (Å²) in [6.45, 7) is 8.76. The van der Waals surface area contributed by atoms with Gasteiger partial charge >= 0.3 is 0 Å². The summed E-state index contributed by atoms with van der Waals surface area (Å²) in [4.78, 5) is 0. The summed E-state index contributed by atoms with van der Waals surface area (Å²) in [6.07, 6.45) is 2.95. The molecule has 0 saturated carbocycles. The zero-order chi connectivity index (χ0) is 22.5. The van der Waals surface area contributed by atoms with Crippen LogP contribution in [-0.2, 0) is 20.6 Å². The molecule has 0 bridgehead atoms. The third kappa shape index (κ3) is 5.17. The standard InChI is InChI=1S/C27H34O5/c1-4-18-11-12-24-25(13-18)26(28)22-9-7-8-10-23(22)27(24)32-15-20(6-3)29-14-19(5-2)30-16-21-17-31-21/h7-13,19-21,28H,4-6,14-17H2,1-3H3. The summed E-state index contributed by atoms with van der Waals surface area (Å²) in [6, 6.07) is 14.1. The van der Waals surface area contributed by atoms with E-state index in [9.17, 15) is 5.11 Å². The first-order valence-corrected chi connectivity index (χ1v) is 11.8. The van der Waals surface area contributed by atoms with Crippen LogP contribution in [0, 0.1) is 0 Å². The second-order valence-corrected chi connectivity index (χ2v) is 8.45. The number of aromatic hydroxyl groups is 1. The summed E-state index contributed by atoms with van der Waals surface area (Å²) in [5.74, 6) is 1.11. The van der Waals surface area contributed by atoms with Crippen LogP contribution in [0.2, 0.25) is 0 Å². The van der Waals surface area contributed by atoms with Crippen molar-refractivity contribution in [2.45, 2.75) is 58.3 Å². The van der Waals surface area contributed by atoms with E-state index in [-0.39, 0.29) is 18.3 Å². The minimum atomic E-state index is -0.0395. The summed E-state index contributed by atoms with van der Waals surface area (Å²) in [5, 5.41) is 14.4. The minimum absolute atomic E-state index is 0.0395. The lowest BCUT2D eigenvalue weighted by molar-refractivity contribution is -0.0593. The van der Waals surface area contributed by atoms with Crippen LogP contribution in [0.15, 0.2) is 42.5 Å². The Morgan fingerprint density at radius 2 is 1.59 bits per heavy atom. The SMILES string of the molecule is CCc1ccc2c(OCC(CC)OCC(CC)OCC3CO3)c3ccccc3c(O)c2c1. The van der Waals surface area contributed by atoms with Gasteiger partial charge in [-0.2, -0.15) is 0 Å². The fraction of sp³-hybridized carbons (Fsp3) is 0.481. The molecule has 4 rings (SSSR count). The number of ether oxygens (including phenoxy) is 4. The van der Waals surface area contributed by atoms with Crippen molar-refractivity contribution in [3.05, 3.63) is 48.0 Å². The maximum Gasteiger partial charge on any atom is 0.135 e. The Hall–Kier alpha value is -2.34. The van der Waals surface area contributed by atoms with E-state index in [1.165, 1.54) is 5.56 Å². The van der Waals surface area contributed by atoms with Gasteiger partial charge in [-0.3, -0.25) is 0 Å². The Balaban J connectivity index is 1.52. The molecule has 32 heavy (non-hydrogen) atoms. The van der Waals surface area contributed by atoms with E-state index in [0.29, 0.717) is 25.6 Å². The Morgan fingerprint density at radius 3 is 2.28 bits per heavy atom. The van der Waals surface area contributed by atoms with Crippen LogP contribution < -0.4 is 4.74 Å². The van der Waals surface area contributed by atoms with E-state index in [1.54, 1.807) is 0 Å². The van der Waals surface area contributed by atoms with Gasteiger partial charge in [-0.15, -0.1) is 0 Å². The highest BCUT2D eigenvalue weighted by Gasteiger charge is 2.24. The molecule has 1 aliphatic heterocycles. The maximum atomic E-state index is 10.9. The molecule has 0 radical (unpaired) electrons. The fourth-order valence-corrected chi connectivity index (χ4v) is 3.93. The first-order chi connectivity index (χ1) is 15.6. The number of phenols is 1. The van der Waals surface area contributed by atoms with Crippen LogP contribution in [0.25, 0.3) is 21.5 Å². The molecule has 172 valence electrons. The molecular weight excluding hydrogens is 404 g/mol. The second kappa shape index (κ2) is 10.5. The van der Waals surface area contributed by atoms with Gasteiger partial charge < -0.3 is 24.1 Å². The number of phenolic OH excluding ortho intramolecular Hbond substituents is 1. The molecule has 5 heteroatoms. The molecule has 1 aliphatic rings. The van der Waals surface area contributed by atoms with Crippen molar-refractivity contribution in [2.24, 2.45) is 0 Å². The number of fused-ring (bicyclic) bond motifs is 2. The molecule has 0 spiro atoms. The lowest BCUT2D eigenvalue weighted by Gasteiger charge is -2.22. The average Bonchev–Trinajstić information content (AvgIpc) is 3.67. The van der Waals surface area contributed by atoms with E-state index in [1.807, 2.05) is 24.3 Å². The molecule has 1 N–H and O–H groups in total. The van der Waals surface area contributed by atoms with Gasteiger partial charge in [0.2, 0.25) is 0 Å². The van der Waals surface area contributed by atoms with E-state index < -0.39 is 0 Å². The van der Waals surface area contributed by atoms with Crippen molar-refractivity contribution in [3.63, 3.8) is 0 Å². The topological polar surface area (TPSA) is 60.5 Å².